The molecular formula is C32H46N4O2S. The molecule has 3 aliphatic carbocycles. The summed E-state index contributed by atoms with van der Waals surface area (Å²) < 4.78 is 0. The summed E-state index contributed by atoms with van der Waals surface area (Å²) in [5.41, 5.74) is 3.39. The van der Waals surface area contributed by atoms with Crippen molar-refractivity contribution in [1.29, 1.82) is 0 Å². The number of anilines is 1. The molecule has 1 aromatic carbocycles. The number of thioether (sulfide) groups is 1. The number of hydrogen-bond donors (Lipinski definition) is 3. The normalized spacial score (nSPS) is 27.1. The number of allylic oxidation sites excluding steroid dienone is 2. The van der Waals surface area contributed by atoms with Crippen LogP contribution in [-0.4, -0.2) is 39.3 Å². The number of nitrogens with one attached hydrogen (secondary N) is 3. The van der Waals surface area contributed by atoms with Crippen molar-refractivity contribution >= 4 is 40.3 Å². The molecule has 2 amide bonds. The summed E-state index contributed by atoms with van der Waals surface area (Å²) in [7, 11) is 0. The topological polar surface area (TPSA) is 86.9 Å². The number of imidazole rings is 1. The van der Waals surface area contributed by atoms with Crippen LogP contribution in [0.15, 0.2) is 42.0 Å². The van der Waals surface area contributed by atoms with Gasteiger partial charge in [0.05, 0.1) is 11.0 Å². The van der Waals surface area contributed by atoms with Crippen LogP contribution in [0.5, 0.6) is 0 Å². The van der Waals surface area contributed by atoms with E-state index in [0.717, 1.165) is 78.3 Å². The molecule has 39 heavy (non-hydrogen) atoms. The average Bonchev–Trinajstić information content (AvgIpc) is 3.22. The molecule has 0 saturated heterocycles. The van der Waals surface area contributed by atoms with Gasteiger partial charge in [-0.15, -0.1) is 0 Å². The highest BCUT2D eigenvalue weighted by Gasteiger charge is 2.28. The second-order valence-corrected chi connectivity index (χ2v) is 12.2. The fraction of sp³-hybridized carbons (Fsp3) is 0.594. The van der Waals surface area contributed by atoms with Crippen LogP contribution in [0.2, 0.25) is 0 Å². The van der Waals surface area contributed by atoms with Crippen molar-refractivity contribution in [3.8, 4) is 0 Å². The van der Waals surface area contributed by atoms with E-state index < -0.39 is 0 Å². The van der Waals surface area contributed by atoms with Gasteiger partial charge in [-0.3, -0.25) is 9.59 Å². The van der Waals surface area contributed by atoms with Gasteiger partial charge >= 0.3 is 0 Å². The number of carbonyl (C=O) groups is 2. The van der Waals surface area contributed by atoms with Crippen molar-refractivity contribution < 1.29 is 9.59 Å². The Morgan fingerprint density at radius 2 is 1.79 bits per heavy atom. The predicted octanol–water partition coefficient (Wildman–Crippen LogP) is 7.50. The number of hydrogen-bond acceptors (Lipinski definition) is 4. The molecular weight excluding hydrogens is 504 g/mol. The predicted molar refractivity (Wildman–Crippen MR) is 164 cm³/mol. The van der Waals surface area contributed by atoms with E-state index in [1.54, 1.807) is 0 Å². The highest BCUT2D eigenvalue weighted by molar-refractivity contribution is 7.99. The molecule has 1 aromatic heterocycles. The summed E-state index contributed by atoms with van der Waals surface area (Å²) in [6, 6.07) is 6.19. The van der Waals surface area contributed by atoms with E-state index in [0.29, 0.717) is 5.92 Å². The van der Waals surface area contributed by atoms with E-state index in [-0.39, 0.29) is 29.7 Å². The Hall–Kier alpha value is -2.54. The Balaban J connectivity index is 0.00000172. The first-order chi connectivity index (χ1) is 19.0. The van der Waals surface area contributed by atoms with Crippen LogP contribution in [0, 0.1) is 11.8 Å². The van der Waals surface area contributed by atoms with Crippen LogP contribution in [0.3, 0.4) is 0 Å². The quantitative estimate of drug-likeness (QED) is 0.347. The SMILES string of the molecule is CC.CSC1CCC(NC(=O)C2=CCCC(c3nc4ccc(NC(=O)C5CCCCC5C)cc4[nH]3)C=C2)CC1. The zero-order valence-corrected chi connectivity index (χ0v) is 24.9. The van der Waals surface area contributed by atoms with Crippen molar-refractivity contribution in [2.24, 2.45) is 11.8 Å². The number of nitrogens with zero attached hydrogens (tertiary/aromatic N) is 1. The summed E-state index contributed by atoms with van der Waals surface area (Å²) in [6.45, 7) is 6.19. The molecule has 1 heterocycles. The standard InChI is InChI=1S/C30H40N4O2S.C2H6/c1-19-6-3-4-9-25(19)30(36)32-23-14-17-26-27(18-23)34-28(33-26)20-7-5-8-21(11-10-20)29(35)31-22-12-15-24(37-2)16-13-22;1-2/h8,10-11,14,17-20,22,24-25H,3-7,9,12-13,15-16H2,1-2H3,(H,31,35)(H,32,36)(H,33,34);1-2H3. The Morgan fingerprint density at radius 3 is 2.54 bits per heavy atom. The first kappa shape index (κ1) is 29.4. The Labute approximate surface area is 238 Å². The second-order valence-electron chi connectivity index (χ2n) is 11.1. The van der Waals surface area contributed by atoms with Crippen LogP contribution in [0.1, 0.15) is 96.7 Å². The number of aromatic nitrogens is 2. The molecule has 7 heteroatoms. The number of benzene rings is 1. The fourth-order valence-corrected chi connectivity index (χ4v) is 6.88. The maximum absolute atomic E-state index is 12.9. The molecule has 0 spiro atoms. The van der Waals surface area contributed by atoms with Crippen LogP contribution < -0.4 is 10.6 Å². The molecule has 5 rings (SSSR count). The van der Waals surface area contributed by atoms with Crippen molar-refractivity contribution in [3.63, 3.8) is 0 Å². The molecule has 3 unspecified atom stereocenters. The Kier molecular flexibility index (Phi) is 10.7. The van der Waals surface area contributed by atoms with Crippen molar-refractivity contribution in [3.05, 3.63) is 47.8 Å². The molecule has 3 N–H and O–H groups in total. The maximum Gasteiger partial charge on any atom is 0.251 e. The van der Waals surface area contributed by atoms with Gasteiger partial charge in [-0.2, -0.15) is 11.8 Å². The molecule has 0 aliphatic heterocycles. The highest BCUT2D eigenvalue weighted by Crippen LogP contribution is 2.32. The average molecular weight is 551 g/mol. The number of amides is 2. The lowest BCUT2D eigenvalue weighted by Gasteiger charge is -2.28. The third-order valence-corrected chi connectivity index (χ3v) is 9.66. The lowest BCUT2D eigenvalue weighted by molar-refractivity contribution is -0.122. The van der Waals surface area contributed by atoms with Gasteiger partial charge in [0.15, 0.2) is 0 Å². The first-order valence-electron chi connectivity index (χ1n) is 15.0. The molecule has 2 saturated carbocycles. The first-order valence-corrected chi connectivity index (χ1v) is 16.3. The van der Waals surface area contributed by atoms with Crippen molar-refractivity contribution in [1.82, 2.24) is 15.3 Å². The smallest absolute Gasteiger partial charge is 0.251 e. The summed E-state index contributed by atoms with van der Waals surface area (Å²) in [5.74, 6) is 1.73. The number of fused-ring (bicyclic) bond motifs is 1. The molecule has 2 aromatic rings. The molecule has 212 valence electrons. The molecule has 2 fully saturated rings. The zero-order valence-electron chi connectivity index (χ0n) is 24.1. The van der Waals surface area contributed by atoms with Gasteiger partial charge in [-0.25, -0.2) is 4.98 Å². The number of aromatic amines is 1. The van der Waals surface area contributed by atoms with Crippen LogP contribution in [0.25, 0.3) is 11.0 Å². The van der Waals surface area contributed by atoms with Crippen molar-refractivity contribution in [2.75, 3.05) is 11.6 Å². The Morgan fingerprint density at radius 1 is 1.03 bits per heavy atom. The van der Waals surface area contributed by atoms with E-state index in [4.69, 9.17) is 4.98 Å². The third kappa shape index (κ3) is 7.56. The monoisotopic (exact) mass is 550 g/mol. The number of H-pyrrole nitrogens is 1. The fourth-order valence-electron chi connectivity index (χ4n) is 6.13. The van der Waals surface area contributed by atoms with Gasteiger partial charge in [-0.1, -0.05) is 51.8 Å². The Bertz CT molecular complexity index is 1180. The van der Waals surface area contributed by atoms with Gasteiger partial charge < -0.3 is 15.6 Å². The summed E-state index contributed by atoms with van der Waals surface area (Å²) in [4.78, 5) is 34.1. The number of carbonyl (C=O) groups excluding carboxylic acids is 2. The third-order valence-electron chi connectivity index (χ3n) is 8.52. The summed E-state index contributed by atoms with van der Waals surface area (Å²) in [5, 5.41) is 7.13. The minimum absolute atomic E-state index is 0.0433. The number of rotatable bonds is 6. The van der Waals surface area contributed by atoms with Gasteiger partial charge in [0.1, 0.15) is 5.82 Å². The van der Waals surface area contributed by atoms with E-state index in [1.807, 2.05) is 49.9 Å². The minimum atomic E-state index is 0.0433. The van der Waals surface area contributed by atoms with E-state index in [2.05, 4.69) is 40.9 Å². The summed E-state index contributed by atoms with van der Waals surface area (Å²) >= 11 is 1.94. The lowest BCUT2D eigenvalue weighted by Crippen LogP contribution is -2.38. The molecule has 0 bridgehead atoms. The molecule has 3 atom stereocenters. The van der Waals surface area contributed by atoms with E-state index in [1.165, 1.54) is 19.3 Å². The largest absolute Gasteiger partial charge is 0.349 e. The van der Waals surface area contributed by atoms with Crippen molar-refractivity contribution in [2.45, 2.75) is 102 Å². The molecule has 3 aliphatic rings. The van der Waals surface area contributed by atoms with Crippen LogP contribution in [-0.2, 0) is 9.59 Å². The van der Waals surface area contributed by atoms with Crippen LogP contribution >= 0.6 is 11.8 Å². The highest BCUT2D eigenvalue weighted by atomic mass is 32.2. The molecule has 0 radical (unpaired) electrons. The summed E-state index contributed by atoms with van der Waals surface area (Å²) in [6.07, 6.45) is 19.0. The minimum Gasteiger partial charge on any atom is -0.349 e. The van der Waals surface area contributed by atoms with Crippen LogP contribution in [0.4, 0.5) is 5.69 Å². The van der Waals surface area contributed by atoms with Gasteiger partial charge in [0, 0.05) is 34.4 Å². The van der Waals surface area contributed by atoms with Gasteiger partial charge in [-0.05, 0) is 81.7 Å². The van der Waals surface area contributed by atoms with Gasteiger partial charge in [0.25, 0.3) is 5.91 Å². The second kappa shape index (κ2) is 14.2. The van der Waals surface area contributed by atoms with E-state index in [9.17, 15) is 9.59 Å². The van der Waals surface area contributed by atoms with E-state index >= 15 is 0 Å². The lowest BCUT2D eigenvalue weighted by atomic mass is 9.80. The molecule has 6 nitrogen and oxygen atoms in total. The maximum atomic E-state index is 12.9. The van der Waals surface area contributed by atoms with Gasteiger partial charge in [0.2, 0.25) is 5.91 Å². The zero-order chi connectivity index (χ0) is 27.8.